The SMILES string of the molecule is CC(NC(=S)N1CCN(c2ccccc2F)CC1)c1ccccc1. The Labute approximate surface area is 148 Å². The van der Waals surface area contributed by atoms with Crippen molar-refractivity contribution in [2.45, 2.75) is 13.0 Å². The first kappa shape index (κ1) is 16.7. The van der Waals surface area contributed by atoms with Crippen molar-refractivity contribution in [2.24, 2.45) is 0 Å². The summed E-state index contributed by atoms with van der Waals surface area (Å²) >= 11 is 5.55. The topological polar surface area (TPSA) is 18.5 Å². The summed E-state index contributed by atoms with van der Waals surface area (Å²) in [6, 6.07) is 17.4. The van der Waals surface area contributed by atoms with Gasteiger partial charge in [0, 0.05) is 26.2 Å². The lowest BCUT2D eigenvalue weighted by atomic mass is 10.1. The number of para-hydroxylation sites is 1. The van der Waals surface area contributed by atoms with Gasteiger partial charge in [0.15, 0.2) is 5.11 Å². The van der Waals surface area contributed by atoms with Gasteiger partial charge >= 0.3 is 0 Å². The lowest BCUT2D eigenvalue weighted by molar-refractivity contribution is 0.374. The van der Waals surface area contributed by atoms with Crippen molar-refractivity contribution >= 4 is 23.0 Å². The molecule has 0 aromatic heterocycles. The van der Waals surface area contributed by atoms with Crippen molar-refractivity contribution in [2.75, 3.05) is 31.1 Å². The molecule has 1 aliphatic heterocycles. The van der Waals surface area contributed by atoms with Crippen LogP contribution in [0.25, 0.3) is 0 Å². The minimum absolute atomic E-state index is 0.163. The first-order chi connectivity index (χ1) is 11.6. The smallest absolute Gasteiger partial charge is 0.169 e. The molecule has 2 aromatic rings. The van der Waals surface area contributed by atoms with E-state index < -0.39 is 0 Å². The fourth-order valence-electron chi connectivity index (χ4n) is 2.96. The number of nitrogens with zero attached hydrogens (tertiary/aromatic N) is 2. The van der Waals surface area contributed by atoms with Gasteiger partial charge in [-0.25, -0.2) is 4.39 Å². The quantitative estimate of drug-likeness (QED) is 0.858. The Morgan fingerprint density at radius 2 is 1.62 bits per heavy atom. The van der Waals surface area contributed by atoms with E-state index in [0.29, 0.717) is 5.69 Å². The van der Waals surface area contributed by atoms with E-state index >= 15 is 0 Å². The van der Waals surface area contributed by atoms with Gasteiger partial charge in [-0.2, -0.15) is 0 Å². The van der Waals surface area contributed by atoms with E-state index in [1.807, 2.05) is 30.3 Å². The van der Waals surface area contributed by atoms with Crippen LogP contribution in [0.5, 0.6) is 0 Å². The van der Waals surface area contributed by atoms with Crippen molar-refractivity contribution in [3.63, 3.8) is 0 Å². The lowest BCUT2D eigenvalue weighted by Gasteiger charge is -2.38. The molecule has 126 valence electrons. The molecule has 0 spiro atoms. The third-order valence-electron chi connectivity index (χ3n) is 4.40. The van der Waals surface area contributed by atoms with Crippen molar-refractivity contribution in [1.82, 2.24) is 10.2 Å². The second-order valence-corrected chi connectivity index (χ2v) is 6.39. The fraction of sp³-hybridized carbons (Fsp3) is 0.316. The Morgan fingerprint density at radius 3 is 2.29 bits per heavy atom. The van der Waals surface area contributed by atoms with Crippen LogP contribution in [0.2, 0.25) is 0 Å². The molecule has 1 fully saturated rings. The van der Waals surface area contributed by atoms with Crippen molar-refractivity contribution in [3.05, 3.63) is 66.0 Å². The van der Waals surface area contributed by atoms with Crippen LogP contribution in [-0.2, 0) is 0 Å². The Kier molecular flexibility index (Phi) is 5.30. The highest BCUT2D eigenvalue weighted by Crippen LogP contribution is 2.20. The number of halogens is 1. The summed E-state index contributed by atoms with van der Waals surface area (Å²) in [6.07, 6.45) is 0. The van der Waals surface area contributed by atoms with Gasteiger partial charge in [-0.05, 0) is 36.8 Å². The van der Waals surface area contributed by atoms with Crippen molar-refractivity contribution in [3.8, 4) is 0 Å². The largest absolute Gasteiger partial charge is 0.366 e. The predicted molar refractivity (Wildman–Crippen MR) is 101 cm³/mol. The van der Waals surface area contributed by atoms with Gasteiger partial charge in [-0.1, -0.05) is 42.5 Å². The number of piperazine rings is 1. The minimum atomic E-state index is -0.163. The van der Waals surface area contributed by atoms with Crippen LogP contribution < -0.4 is 10.2 Å². The normalized spacial score (nSPS) is 15.9. The van der Waals surface area contributed by atoms with Crippen LogP contribution in [0.15, 0.2) is 54.6 Å². The molecule has 3 nitrogen and oxygen atoms in total. The Balaban J connectivity index is 1.55. The molecule has 1 unspecified atom stereocenters. The van der Waals surface area contributed by atoms with Crippen LogP contribution in [0.3, 0.4) is 0 Å². The molecule has 0 aliphatic carbocycles. The predicted octanol–water partition coefficient (Wildman–Crippen LogP) is 3.58. The third-order valence-corrected chi connectivity index (χ3v) is 4.78. The van der Waals surface area contributed by atoms with Crippen LogP contribution in [0.1, 0.15) is 18.5 Å². The second kappa shape index (κ2) is 7.62. The van der Waals surface area contributed by atoms with Crippen molar-refractivity contribution in [1.29, 1.82) is 0 Å². The fourth-order valence-corrected chi connectivity index (χ4v) is 3.32. The molecule has 1 aliphatic rings. The Morgan fingerprint density at radius 1 is 1.00 bits per heavy atom. The molecule has 3 rings (SSSR count). The van der Waals surface area contributed by atoms with E-state index in [0.717, 1.165) is 31.3 Å². The van der Waals surface area contributed by atoms with Gasteiger partial charge in [-0.3, -0.25) is 0 Å². The summed E-state index contributed by atoms with van der Waals surface area (Å²) in [5.74, 6) is -0.163. The van der Waals surface area contributed by atoms with E-state index in [1.165, 1.54) is 11.6 Å². The number of hydrogen-bond acceptors (Lipinski definition) is 2. The second-order valence-electron chi connectivity index (χ2n) is 6.01. The molecular weight excluding hydrogens is 321 g/mol. The summed E-state index contributed by atoms with van der Waals surface area (Å²) in [5.41, 5.74) is 1.89. The van der Waals surface area contributed by atoms with Crippen LogP contribution in [0.4, 0.5) is 10.1 Å². The summed E-state index contributed by atoms with van der Waals surface area (Å²) in [6.45, 7) is 5.23. The molecule has 1 N–H and O–H groups in total. The number of thiocarbonyl (C=S) groups is 1. The van der Waals surface area contributed by atoms with E-state index in [-0.39, 0.29) is 11.9 Å². The van der Waals surface area contributed by atoms with Crippen LogP contribution in [-0.4, -0.2) is 36.2 Å². The first-order valence-corrected chi connectivity index (χ1v) is 8.66. The zero-order valence-corrected chi connectivity index (χ0v) is 14.6. The summed E-state index contributed by atoms with van der Waals surface area (Å²) in [4.78, 5) is 4.24. The minimum Gasteiger partial charge on any atom is -0.366 e. The van der Waals surface area contributed by atoms with Crippen LogP contribution >= 0.6 is 12.2 Å². The number of anilines is 1. The molecule has 0 radical (unpaired) electrons. The number of benzene rings is 2. The third kappa shape index (κ3) is 3.85. The average Bonchev–Trinajstić information content (AvgIpc) is 2.63. The van der Waals surface area contributed by atoms with Gasteiger partial charge in [0.2, 0.25) is 0 Å². The van der Waals surface area contributed by atoms with Gasteiger partial charge < -0.3 is 15.1 Å². The summed E-state index contributed by atoms with van der Waals surface area (Å²) < 4.78 is 13.9. The molecule has 0 bridgehead atoms. The highest BCUT2D eigenvalue weighted by molar-refractivity contribution is 7.80. The van der Waals surface area contributed by atoms with Crippen molar-refractivity contribution < 1.29 is 4.39 Å². The van der Waals surface area contributed by atoms with Gasteiger partial charge in [0.1, 0.15) is 5.82 Å². The average molecular weight is 343 g/mol. The lowest BCUT2D eigenvalue weighted by Crippen LogP contribution is -2.52. The summed E-state index contributed by atoms with van der Waals surface area (Å²) in [7, 11) is 0. The Bertz CT molecular complexity index is 684. The number of rotatable bonds is 3. The standard InChI is InChI=1S/C19H22FN3S/c1-15(16-7-3-2-4-8-16)21-19(24)23-13-11-22(12-14-23)18-10-6-5-9-17(18)20/h2-10,15H,11-14H2,1H3,(H,21,24). The molecule has 5 heteroatoms. The number of nitrogens with one attached hydrogen (secondary N) is 1. The monoisotopic (exact) mass is 343 g/mol. The van der Waals surface area contributed by atoms with Gasteiger partial charge in [0.05, 0.1) is 11.7 Å². The molecule has 1 saturated heterocycles. The highest BCUT2D eigenvalue weighted by Gasteiger charge is 2.21. The molecule has 24 heavy (non-hydrogen) atoms. The van der Waals surface area contributed by atoms with Gasteiger partial charge in [-0.15, -0.1) is 0 Å². The number of hydrogen-bond donors (Lipinski definition) is 1. The van der Waals surface area contributed by atoms with E-state index in [9.17, 15) is 4.39 Å². The maximum absolute atomic E-state index is 13.9. The molecular formula is C19H22FN3S. The molecule has 0 saturated carbocycles. The Hall–Kier alpha value is -2.14. The molecule has 2 aromatic carbocycles. The first-order valence-electron chi connectivity index (χ1n) is 8.25. The van der Waals surface area contributed by atoms with E-state index in [4.69, 9.17) is 12.2 Å². The van der Waals surface area contributed by atoms with E-state index in [1.54, 1.807) is 6.07 Å². The zero-order valence-electron chi connectivity index (χ0n) is 13.8. The highest BCUT2D eigenvalue weighted by atomic mass is 32.1. The van der Waals surface area contributed by atoms with E-state index in [2.05, 4.69) is 34.2 Å². The van der Waals surface area contributed by atoms with Crippen LogP contribution in [0, 0.1) is 5.82 Å². The maximum atomic E-state index is 13.9. The van der Waals surface area contributed by atoms with Gasteiger partial charge in [0.25, 0.3) is 0 Å². The molecule has 1 atom stereocenters. The molecule has 0 amide bonds. The summed E-state index contributed by atoms with van der Waals surface area (Å²) in [5, 5.41) is 4.16. The molecule has 1 heterocycles. The zero-order chi connectivity index (χ0) is 16.9. The maximum Gasteiger partial charge on any atom is 0.169 e.